The standard InChI is InChI=1S/C21H21N5/c1-14(2)12-26-13-24-19-20(26)17-11-16(5-6-18(17)25-21(19)22)4-3-15-7-9-23-10-8-15/h3-11,13-14H,12H2,1-2H3,(H2,22,25)/b4-3+. The van der Waals surface area contributed by atoms with Gasteiger partial charge in [-0.2, -0.15) is 0 Å². The largest absolute Gasteiger partial charge is 0.382 e. The number of fused-ring (bicyclic) bond motifs is 3. The summed E-state index contributed by atoms with van der Waals surface area (Å²) in [6, 6.07) is 10.2. The molecule has 0 saturated heterocycles. The van der Waals surface area contributed by atoms with E-state index in [0.29, 0.717) is 11.7 Å². The minimum Gasteiger partial charge on any atom is -0.382 e. The van der Waals surface area contributed by atoms with E-state index in [1.54, 1.807) is 12.4 Å². The quantitative estimate of drug-likeness (QED) is 0.597. The molecule has 0 spiro atoms. The number of pyridine rings is 2. The minimum absolute atomic E-state index is 0.482. The summed E-state index contributed by atoms with van der Waals surface area (Å²) in [6.45, 7) is 5.29. The van der Waals surface area contributed by atoms with E-state index < -0.39 is 0 Å². The van der Waals surface area contributed by atoms with Crippen LogP contribution >= 0.6 is 0 Å². The highest BCUT2D eigenvalue weighted by Crippen LogP contribution is 2.29. The minimum atomic E-state index is 0.482. The maximum absolute atomic E-state index is 6.13. The molecule has 0 aliphatic heterocycles. The summed E-state index contributed by atoms with van der Waals surface area (Å²) >= 11 is 0. The fraction of sp³-hybridized carbons (Fsp3) is 0.190. The third-order valence-corrected chi connectivity index (χ3v) is 4.33. The summed E-state index contributed by atoms with van der Waals surface area (Å²) in [5, 5.41) is 1.07. The van der Waals surface area contributed by atoms with Crippen LogP contribution in [-0.4, -0.2) is 19.5 Å². The van der Waals surface area contributed by atoms with Crippen molar-refractivity contribution in [1.82, 2.24) is 19.5 Å². The van der Waals surface area contributed by atoms with Crippen molar-refractivity contribution in [3.05, 3.63) is 60.2 Å². The Kier molecular flexibility index (Phi) is 4.13. The third kappa shape index (κ3) is 3.04. The second-order valence-electron chi connectivity index (χ2n) is 6.88. The Labute approximate surface area is 152 Å². The molecule has 0 saturated carbocycles. The van der Waals surface area contributed by atoms with Gasteiger partial charge >= 0.3 is 0 Å². The zero-order chi connectivity index (χ0) is 18.1. The van der Waals surface area contributed by atoms with Crippen molar-refractivity contribution >= 4 is 39.9 Å². The van der Waals surface area contributed by atoms with Crippen LogP contribution in [0.4, 0.5) is 5.82 Å². The molecule has 3 heterocycles. The zero-order valence-corrected chi connectivity index (χ0v) is 14.9. The van der Waals surface area contributed by atoms with Gasteiger partial charge in [-0.05, 0) is 41.3 Å². The predicted octanol–water partition coefficient (Wildman–Crippen LogP) is 4.39. The Morgan fingerprint density at radius 2 is 1.85 bits per heavy atom. The Balaban J connectivity index is 1.86. The number of nitrogen functional groups attached to an aromatic ring is 1. The van der Waals surface area contributed by atoms with Crippen LogP contribution in [-0.2, 0) is 6.54 Å². The van der Waals surface area contributed by atoms with Crippen LogP contribution in [0.1, 0.15) is 25.0 Å². The zero-order valence-electron chi connectivity index (χ0n) is 14.9. The number of nitrogens with zero attached hydrogens (tertiary/aromatic N) is 4. The maximum atomic E-state index is 6.13. The fourth-order valence-corrected chi connectivity index (χ4v) is 3.18. The van der Waals surface area contributed by atoms with Crippen molar-refractivity contribution in [1.29, 1.82) is 0 Å². The molecule has 0 aliphatic rings. The molecule has 0 unspecified atom stereocenters. The van der Waals surface area contributed by atoms with E-state index >= 15 is 0 Å². The average Bonchev–Trinajstić information content (AvgIpc) is 3.05. The smallest absolute Gasteiger partial charge is 0.152 e. The Morgan fingerprint density at radius 3 is 2.62 bits per heavy atom. The van der Waals surface area contributed by atoms with Gasteiger partial charge in [0.2, 0.25) is 0 Å². The van der Waals surface area contributed by atoms with Crippen LogP contribution in [0.2, 0.25) is 0 Å². The number of nitrogens with two attached hydrogens (primary N) is 1. The molecule has 0 atom stereocenters. The molecule has 130 valence electrons. The van der Waals surface area contributed by atoms with Gasteiger partial charge in [0.15, 0.2) is 5.82 Å². The first-order chi connectivity index (χ1) is 12.6. The highest BCUT2D eigenvalue weighted by Gasteiger charge is 2.13. The van der Waals surface area contributed by atoms with Crippen LogP contribution in [0.25, 0.3) is 34.1 Å². The molecule has 4 aromatic rings. The second-order valence-corrected chi connectivity index (χ2v) is 6.88. The van der Waals surface area contributed by atoms with E-state index in [1.165, 1.54) is 0 Å². The lowest BCUT2D eigenvalue weighted by molar-refractivity contribution is 0.533. The van der Waals surface area contributed by atoms with Gasteiger partial charge in [-0.25, -0.2) is 9.97 Å². The molecule has 5 nitrogen and oxygen atoms in total. The van der Waals surface area contributed by atoms with Crippen molar-refractivity contribution in [2.24, 2.45) is 5.92 Å². The van der Waals surface area contributed by atoms with Crippen LogP contribution < -0.4 is 5.73 Å². The molecule has 0 radical (unpaired) electrons. The topological polar surface area (TPSA) is 69.6 Å². The van der Waals surface area contributed by atoms with E-state index in [1.807, 2.05) is 24.5 Å². The van der Waals surface area contributed by atoms with Crippen molar-refractivity contribution in [3.63, 3.8) is 0 Å². The Bertz CT molecular complexity index is 1090. The summed E-state index contributed by atoms with van der Waals surface area (Å²) < 4.78 is 2.18. The lowest BCUT2D eigenvalue weighted by Gasteiger charge is -2.10. The van der Waals surface area contributed by atoms with Crippen molar-refractivity contribution in [2.75, 3.05) is 5.73 Å². The van der Waals surface area contributed by atoms with Gasteiger partial charge < -0.3 is 10.3 Å². The number of hydrogen-bond donors (Lipinski definition) is 1. The van der Waals surface area contributed by atoms with Crippen LogP contribution in [0.15, 0.2) is 49.1 Å². The number of aromatic nitrogens is 4. The summed E-state index contributed by atoms with van der Waals surface area (Å²) in [7, 11) is 0. The average molecular weight is 343 g/mol. The molecule has 26 heavy (non-hydrogen) atoms. The lowest BCUT2D eigenvalue weighted by Crippen LogP contribution is -2.03. The van der Waals surface area contributed by atoms with Gasteiger partial charge in [-0.1, -0.05) is 32.1 Å². The molecule has 2 N–H and O–H groups in total. The molecule has 0 bridgehead atoms. The lowest BCUT2D eigenvalue weighted by atomic mass is 10.1. The van der Waals surface area contributed by atoms with Crippen LogP contribution in [0, 0.1) is 5.92 Å². The van der Waals surface area contributed by atoms with Gasteiger partial charge in [0.1, 0.15) is 5.52 Å². The number of rotatable bonds is 4. The number of benzene rings is 1. The van der Waals surface area contributed by atoms with Gasteiger partial charge in [-0.3, -0.25) is 4.98 Å². The molecular weight excluding hydrogens is 322 g/mol. The second kappa shape index (κ2) is 6.59. The van der Waals surface area contributed by atoms with Gasteiger partial charge in [0.25, 0.3) is 0 Å². The Morgan fingerprint density at radius 1 is 1.08 bits per heavy atom. The predicted molar refractivity (Wildman–Crippen MR) is 107 cm³/mol. The maximum Gasteiger partial charge on any atom is 0.152 e. The molecule has 1 aromatic carbocycles. The summed E-state index contributed by atoms with van der Waals surface area (Å²) in [5.41, 5.74) is 11.1. The summed E-state index contributed by atoms with van der Waals surface area (Å²) in [5.74, 6) is 1.00. The summed E-state index contributed by atoms with van der Waals surface area (Å²) in [6.07, 6.45) is 9.62. The van der Waals surface area contributed by atoms with Gasteiger partial charge in [0.05, 0.1) is 17.4 Å². The highest BCUT2D eigenvalue weighted by atomic mass is 15.1. The molecule has 0 amide bonds. The molecular formula is C21H21N5. The molecule has 0 fully saturated rings. The van der Waals surface area contributed by atoms with E-state index in [2.05, 4.69) is 57.7 Å². The monoisotopic (exact) mass is 343 g/mol. The van der Waals surface area contributed by atoms with E-state index in [9.17, 15) is 0 Å². The van der Waals surface area contributed by atoms with Crippen molar-refractivity contribution < 1.29 is 0 Å². The number of anilines is 1. The number of hydrogen-bond acceptors (Lipinski definition) is 4. The third-order valence-electron chi connectivity index (χ3n) is 4.33. The van der Waals surface area contributed by atoms with E-state index in [4.69, 9.17) is 5.73 Å². The van der Waals surface area contributed by atoms with Crippen LogP contribution in [0.3, 0.4) is 0 Å². The normalized spacial score (nSPS) is 12.0. The van der Waals surface area contributed by atoms with Crippen LogP contribution in [0.5, 0.6) is 0 Å². The summed E-state index contributed by atoms with van der Waals surface area (Å²) in [4.78, 5) is 13.1. The SMILES string of the molecule is CC(C)Cn1cnc2c(N)nc3ccc(/C=C/c4ccncc4)cc3c21. The molecule has 4 rings (SSSR count). The van der Waals surface area contributed by atoms with Gasteiger partial charge in [-0.15, -0.1) is 0 Å². The number of imidazole rings is 1. The first-order valence-electron chi connectivity index (χ1n) is 8.74. The fourth-order valence-electron chi connectivity index (χ4n) is 3.18. The highest BCUT2D eigenvalue weighted by molar-refractivity contribution is 6.07. The van der Waals surface area contributed by atoms with E-state index in [0.717, 1.165) is 39.6 Å². The Hall–Kier alpha value is -3.21. The van der Waals surface area contributed by atoms with Crippen molar-refractivity contribution in [3.8, 4) is 0 Å². The van der Waals surface area contributed by atoms with E-state index in [-0.39, 0.29) is 0 Å². The molecule has 0 aliphatic carbocycles. The first-order valence-corrected chi connectivity index (χ1v) is 8.74. The first kappa shape index (κ1) is 16.3. The molecule has 3 aromatic heterocycles. The van der Waals surface area contributed by atoms with Crippen molar-refractivity contribution in [2.45, 2.75) is 20.4 Å². The van der Waals surface area contributed by atoms with Gasteiger partial charge in [0, 0.05) is 24.3 Å². The molecule has 5 heteroatoms.